The molecule has 0 bridgehead atoms. The summed E-state index contributed by atoms with van der Waals surface area (Å²) in [6.07, 6.45) is 6.27. The van der Waals surface area contributed by atoms with Gasteiger partial charge < -0.3 is 16.0 Å². The third kappa shape index (κ3) is 8.34. The SMILES string of the molecule is CNCc1nc(Cl)c(Cl)c(N2CCN(CCC3CCC(N)CC3)CC2)n1.Cl.Cl.Cl. The predicted molar refractivity (Wildman–Crippen MR) is 130 cm³/mol. The molecule has 6 nitrogen and oxygen atoms in total. The summed E-state index contributed by atoms with van der Waals surface area (Å²) in [7, 11) is 1.87. The van der Waals surface area contributed by atoms with E-state index in [2.05, 4.69) is 25.1 Å². The Morgan fingerprint density at radius 1 is 1.00 bits per heavy atom. The van der Waals surface area contributed by atoms with Crippen molar-refractivity contribution < 1.29 is 0 Å². The maximum atomic E-state index is 6.37. The summed E-state index contributed by atoms with van der Waals surface area (Å²) in [6.45, 7) is 5.66. The Hall–Kier alpha value is 0.210. The molecule has 3 rings (SSSR count). The van der Waals surface area contributed by atoms with E-state index in [-0.39, 0.29) is 37.2 Å². The number of hydrogen-bond acceptors (Lipinski definition) is 6. The van der Waals surface area contributed by atoms with Gasteiger partial charge in [-0.3, -0.25) is 4.90 Å². The van der Waals surface area contributed by atoms with Crippen LogP contribution in [0.15, 0.2) is 0 Å². The summed E-state index contributed by atoms with van der Waals surface area (Å²) < 4.78 is 0. The van der Waals surface area contributed by atoms with E-state index in [0.29, 0.717) is 28.6 Å². The molecule has 1 aromatic rings. The molecule has 1 aliphatic heterocycles. The van der Waals surface area contributed by atoms with Gasteiger partial charge in [0.2, 0.25) is 0 Å². The van der Waals surface area contributed by atoms with E-state index >= 15 is 0 Å². The molecule has 0 aromatic carbocycles. The zero-order chi connectivity index (χ0) is 18.5. The lowest BCUT2D eigenvalue weighted by atomic mass is 9.84. The molecule has 1 aromatic heterocycles. The van der Waals surface area contributed by atoms with Crippen molar-refractivity contribution in [3.63, 3.8) is 0 Å². The lowest BCUT2D eigenvalue weighted by molar-refractivity contribution is 0.216. The third-order valence-corrected chi connectivity index (χ3v) is 6.31. The van der Waals surface area contributed by atoms with E-state index in [1.165, 1.54) is 38.6 Å². The average Bonchev–Trinajstić information content (AvgIpc) is 2.65. The van der Waals surface area contributed by atoms with E-state index in [4.69, 9.17) is 28.9 Å². The van der Waals surface area contributed by atoms with Gasteiger partial charge in [-0.25, -0.2) is 9.97 Å². The molecule has 170 valence electrons. The van der Waals surface area contributed by atoms with Crippen molar-refractivity contribution in [1.29, 1.82) is 0 Å². The summed E-state index contributed by atoms with van der Waals surface area (Å²) in [5, 5.41) is 3.85. The van der Waals surface area contributed by atoms with E-state index < -0.39 is 0 Å². The largest absolute Gasteiger partial charge is 0.353 e. The number of anilines is 1. The quantitative estimate of drug-likeness (QED) is 0.568. The first-order valence-corrected chi connectivity index (χ1v) is 10.4. The molecule has 0 atom stereocenters. The number of rotatable bonds is 6. The Morgan fingerprint density at radius 2 is 1.62 bits per heavy atom. The minimum Gasteiger partial charge on any atom is -0.353 e. The summed E-state index contributed by atoms with van der Waals surface area (Å²) in [4.78, 5) is 13.6. The lowest BCUT2D eigenvalue weighted by Crippen LogP contribution is -2.47. The fourth-order valence-electron chi connectivity index (χ4n) is 3.92. The second-order valence-corrected chi connectivity index (χ2v) is 8.23. The zero-order valence-corrected chi connectivity index (χ0v) is 20.7. The number of hydrogen-bond donors (Lipinski definition) is 2. The fraction of sp³-hybridized carbons (Fsp3) is 0.778. The van der Waals surface area contributed by atoms with Gasteiger partial charge in [0.15, 0.2) is 11.0 Å². The van der Waals surface area contributed by atoms with Crippen LogP contribution in [-0.4, -0.2) is 60.7 Å². The van der Waals surface area contributed by atoms with Gasteiger partial charge >= 0.3 is 0 Å². The van der Waals surface area contributed by atoms with Gasteiger partial charge in [0.05, 0.1) is 6.54 Å². The minimum atomic E-state index is 0. The highest BCUT2D eigenvalue weighted by molar-refractivity contribution is 6.42. The number of nitrogens with two attached hydrogens (primary N) is 1. The summed E-state index contributed by atoms with van der Waals surface area (Å²) in [6, 6.07) is 0.437. The van der Waals surface area contributed by atoms with Gasteiger partial charge in [0.1, 0.15) is 10.8 Å². The van der Waals surface area contributed by atoms with Gasteiger partial charge in [-0.1, -0.05) is 23.2 Å². The molecule has 0 amide bonds. The standard InChI is InChI=1S/C18H30Cl2N6.3ClH/c1-22-12-15-23-17(20)16(19)18(24-15)26-10-8-25(9-11-26)7-6-13-2-4-14(21)5-3-13;;;/h13-14,22H,2-12,21H2,1H3;3*1H. The van der Waals surface area contributed by atoms with Crippen molar-refractivity contribution in [2.24, 2.45) is 11.7 Å². The highest BCUT2D eigenvalue weighted by Gasteiger charge is 2.24. The van der Waals surface area contributed by atoms with Crippen LogP contribution in [0.3, 0.4) is 0 Å². The van der Waals surface area contributed by atoms with Gasteiger partial charge in [0, 0.05) is 32.2 Å². The van der Waals surface area contributed by atoms with Crippen LogP contribution in [0.4, 0.5) is 5.82 Å². The predicted octanol–water partition coefficient (Wildman–Crippen LogP) is 3.80. The highest BCUT2D eigenvalue weighted by atomic mass is 35.5. The van der Waals surface area contributed by atoms with Crippen molar-refractivity contribution in [1.82, 2.24) is 20.2 Å². The number of halogens is 5. The summed E-state index contributed by atoms with van der Waals surface area (Å²) in [5.41, 5.74) is 6.01. The second kappa shape index (κ2) is 14.3. The average molecular weight is 511 g/mol. The first-order chi connectivity index (χ1) is 12.6. The van der Waals surface area contributed by atoms with E-state index in [1.54, 1.807) is 0 Å². The monoisotopic (exact) mass is 508 g/mol. The number of nitrogens with zero attached hydrogens (tertiary/aromatic N) is 4. The molecule has 1 aliphatic carbocycles. The molecule has 0 radical (unpaired) electrons. The van der Waals surface area contributed by atoms with Gasteiger partial charge in [0.25, 0.3) is 0 Å². The molecular weight excluding hydrogens is 478 g/mol. The number of nitrogens with one attached hydrogen (secondary N) is 1. The maximum absolute atomic E-state index is 6.37. The Balaban J connectivity index is 0.00000261. The Bertz CT molecular complexity index is 592. The van der Waals surface area contributed by atoms with Crippen molar-refractivity contribution in [3.8, 4) is 0 Å². The van der Waals surface area contributed by atoms with E-state index in [0.717, 1.165) is 37.9 Å². The van der Waals surface area contributed by atoms with Crippen LogP contribution < -0.4 is 16.0 Å². The topological polar surface area (TPSA) is 70.3 Å². The molecule has 2 fully saturated rings. The van der Waals surface area contributed by atoms with Crippen LogP contribution in [0.1, 0.15) is 37.9 Å². The molecule has 3 N–H and O–H groups in total. The maximum Gasteiger partial charge on any atom is 0.153 e. The van der Waals surface area contributed by atoms with Crippen molar-refractivity contribution in [2.45, 2.75) is 44.7 Å². The normalized spacial score (nSPS) is 22.3. The summed E-state index contributed by atoms with van der Waals surface area (Å²) >= 11 is 12.6. The zero-order valence-electron chi connectivity index (χ0n) is 16.8. The fourth-order valence-corrected chi connectivity index (χ4v) is 4.31. The molecule has 1 saturated carbocycles. The molecule has 0 unspecified atom stereocenters. The Kier molecular flexibility index (Phi) is 14.4. The van der Waals surface area contributed by atoms with Crippen LogP contribution >= 0.6 is 60.4 Å². The highest BCUT2D eigenvalue weighted by Crippen LogP contribution is 2.31. The van der Waals surface area contributed by atoms with Crippen molar-refractivity contribution in [3.05, 3.63) is 16.0 Å². The first-order valence-electron chi connectivity index (χ1n) is 9.66. The first kappa shape index (κ1) is 29.2. The Morgan fingerprint density at radius 3 is 2.21 bits per heavy atom. The van der Waals surface area contributed by atoms with Crippen molar-refractivity contribution >= 4 is 66.2 Å². The van der Waals surface area contributed by atoms with Crippen LogP contribution in [0, 0.1) is 5.92 Å². The Labute approximate surface area is 202 Å². The van der Waals surface area contributed by atoms with Crippen LogP contribution in [0.2, 0.25) is 10.2 Å². The van der Waals surface area contributed by atoms with Gasteiger partial charge in [-0.15, -0.1) is 37.2 Å². The molecule has 2 aliphatic rings. The van der Waals surface area contributed by atoms with Gasteiger partial charge in [-0.2, -0.15) is 0 Å². The lowest BCUT2D eigenvalue weighted by Gasteiger charge is -2.37. The molecular formula is C18H33Cl5N6. The molecule has 11 heteroatoms. The van der Waals surface area contributed by atoms with Crippen LogP contribution in [-0.2, 0) is 6.54 Å². The minimum absolute atomic E-state index is 0. The molecule has 0 spiro atoms. The number of aromatic nitrogens is 2. The van der Waals surface area contributed by atoms with Crippen LogP contribution in [0.5, 0.6) is 0 Å². The number of piperazine rings is 1. The summed E-state index contributed by atoms with van der Waals surface area (Å²) in [5.74, 6) is 2.29. The molecule has 1 saturated heterocycles. The van der Waals surface area contributed by atoms with Gasteiger partial charge in [-0.05, 0) is 51.6 Å². The second-order valence-electron chi connectivity index (χ2n) is 7.50. The van der Waals surface area contributed by atoms with Crippen molar-refractivity contribution in [2.75, 3.05) is 44.7 Å². The van der Waals surface area contributed by atoms with Crippen LogP contribution in [0.25, 0.3) is 0 Å². The smallest absolute Gasteiger partial charge is 0.153 e. The molecule has 2 heterocycles. The third-order valence-electron chi connectivity index (χ3n) is 5.59. The molecule has 29 heavy (non-hydrogen) atoms. The van der Waals surface area contributed by atoms with E-state index in [1.807, 2.05) is 7.05 Å². The van der Waals surface area contributed by atoms with E-state index in [9.17, 15) is 0 Å².